The summed E-state index contributed by atoms with van der Waals surface area (Å²) in [7, 11) is 0. The van der Waals surface area contributed by atoms with Gasteiger partial charge in [0.1, 0.15) is 6.33 Å². The highest BCUT2D eigenvalue weighted by molar-refractivity contribution is 5.59. The maximum Gasteiger partial charge on any atom is 0.231 e. The Bertz CT molecular complexity index is 672. The fourth-order valence-corrected chi connectivity index (χ4v) is 3.48. The lowest BCUT2D eigenvalue weighted by atomic mass is 10.1. The van der Waals surface area contributed by atoms with Crippen LogP contribution in [0.5, 0.6) is 0 Å². The molecule has 0 bridgehead atoms. The molecule has 0 aliphatic carbocycles. The van der Waals surface area contributed by atoms with E-state index >= 15 is 0 Å². The van der Waals surface area contributed by atoms with E-state index in [1.165, 1.54) is 37.9 Å². The summed E-state index contributed by atoms with van der Waals surface area (Å²) in [6, 6.07) is 9.14. The van der Waals surface area contributed by atoms with E-state index < -0.39 is 0 Å². The van der Waals surface area contributed by atoms with Crippen molar-refractivity contribution < 1.29 is 0 Å². The van der Waals surface area contributed by atoms with Crippen molar-refractivity contribution >= 4 is 23.3 Å². The van der Waals surface area contributed by atoms with Gasteiger partial charge < -0.3 is 16.0 Å². The van der Waals surface area contributed by atoms with E-state index in [0.29, 0.717) is 5.95 Å². The molecule has 2 aliphatic rings. The summed E-state index contributed by atoms with van der Waals surface area (Å²) in [4.78, 5) is 17.0. The molecule has 3 N–H and O–H groups in total. The fraction of sp³-hybridized carbons (Fsp3) is 0.438. The SMILES string of the molecule is Nc1ncnc(Nc2ccc(N3CCN4CCCC4C3)cc2)n1. The van der Waals surface area contributed by atoms with Crippen molar-refractivity contribution in [2.75, 3.05) is 42.1 Å². The Morgan fingerprint density at radius 3 is 2.78 bits per heavy atom. The number of benzene rings is 1. The molecule has 7 heteroatoms. The maximum atomic E-state index is 5.56. The Kier molecular flexibility index (Phi) is 3.70. The molecule has 2 fully saturated rings. The smallest absolute Gasteiger partial charge is 0.231 e. The summed E-state index contributed by atoms with van der Waals surface area (Å²) in [5.41, 5.74) is 7.78. The third-order valence-corrected chi connectivity index (χ3v) is 4.67. The van der Waals surface area contributed by atoms with Crippen LogP contribution in [0.15, 0.2) is 30.6 Å². The lowest BCUT2D eigenvalue weighted by Crippen LogP contribution is -2.50. The summed E-state index contributed by atoms with van der Waals surface area (Å²) in [5, 5.41) is 3.14. The number of nitrogens with two attached hydrogens (primary N) is 1. The number of nitrogen functional groups attached to an aromatic ring is 1. The van der Waals surface area contributed by atoms with Crippen molar-refractivity contribution in [2.45, 2.75) is 18.9 Å². The van der Waals surface area contributed by atoms with Crippen LogP contribution in [-0.4, -0.2) is 52.1 Å². The molecule has 1 unspecified atom stereocenters. The largest absolute Gasteiger partial charge is 0.369 e. The average Bonchev–Trinajstić information content (AvgIpc) is 3.03. The van der Waals surface area contributed by atoms with Gasteiger partial charge in [0.25, 0.3) is 0 Å². The Morgan fingerprint density at radius 2 is 1.96 bits per heavy atom. The molecule has 7 nitrogen and oxygen atoms in total. The zero-order valence-electron chi connectivity index (χ0n) is 13.0. The summed E-state index contributed by atoms with van der Waals surface area (Å²) in [6.45, 7) is 4.69. The first-order chi connectivity index (χ1) is 11.3. The molecular formula is C16H21N7. The molecule has 2 aliphatic heterocycles. The van der Waals surface area contributed by atoms with Gasteiger partial charge in [0, 0.05) is 37.1 Å². The number of rotatable bonds is 3. The molecule has 0 spiro atoms. The first-order valence-corrected chi connectivity index (χ1v) is 8.08. The first kappa shape index (κ1) is 14.2. The second-order valence-corrected chi connectivity index (χ2v) is 6.12. The molecule has 120 valence electrons. The van der Waals surface area contributed by atoms with Crippen molar-refractivity contribution in [1.29, 1.82) is 0 Å². The van der Waals surface area contributed by atoms with Gasteiger partial charge in [0.05, 0.1) is 0 Å². The summed E-state index contributed by atoms with van der Waals surface area (Å²) in [6.07, 6.45) is 4.08. The number of hydrogen-bond donors (Lipinski definition) is 2. The van der Waals surface area contributed by atoms with Crippen molar-refractivity contribution in [2.24, 2.45) is 0 Å². The van der Waals surface area contributed by atoms with E-state index in [0.717, 1.165) is 24.8 Å². The topological polar surface area (TPSA) is 83.2 Å². The zero-order valence-corrected chi connectivity index (χ0v) is 13.0. The van der Waals surface area contributed by atoms with Crippen molar-refractivity contribution in [1.82, 2.24) is 19.9 Å². The van der Waals surface area contributed by atoms with Crippen LogP contribution in [-0.2, 0) is 0 Å². The number of nitrogens with one attached hydrogen (secondary N) is 1. The van der Waals surface area contributed by atoms with Crippen molar-refractivity contribution in [3.8, 4) is 0 Å². The highest BCUT2D eigenvalue weighted by atomic mass is 15.3. The molecular weight excluding hydrogens is 290 g/mol. The predicted octanol–water partition coefficient (Wildman–Crippen LogP) is 1.48. The van der Waals surface area contributed by atoms with Gasteiger partial charge in [-0.2, -0.15) is 4.98 Å². The number of aromatic nitrogens is 3. The number of piperazine rings is 1. The summed E-state index contributed by atoms with van der Waals surface area (Å²) < 4.78 is 0. The van der Waals surface area contributed by atoms with Crippen molar-refractivity contribution in [3.63, 3.8) is 0 Å². The monoisotopic (exact) mass is 311 g/mol. The maximum absolute atomic E-state index is 5.56. The van der Waals surface area contributed by atoms with Gasteiger partial charge in [-0.05, 0) is 43.7 Å². The Balaban J connectivity index is 1.43. The first-order valence-electron chi connectivity index (χ1n) is 8.08. The molecule has 1 aromatic carbocycles. The lowest BCUT2D eigenvalue weighted by molar-refractivity contribution is 0.231. The van der Waals surface area contributed by atoms with E-state index in [-0.39, 0.29) is 5.95 Å². The number of nitrogens with zero attached hydrogens (tertiary/aromatic N) is 5. The van der Waals surface area contributed by atoms with Gasteiger partial charge in [-0.25, -0.2) is 9.97 Å². The van der Waals surface area contributed by atoms with Crippen molar-refractivity contribution in [3.05, 3.63) is 30.6 Å². The standard InChI is InChI=1S/C16H21N7/c17-15-18-11-19-16(21-15)20-12-3-5-13(6-4-12)23-9-8-22-7-1-2-14(22)10-23/h3-6,11,14H,1-2,7-10H2,(H3,17,18,19,20,21). The molecule has 2 saturated heterocycles. The van der Waals surface area contributed by atoms with Gasteiger partial charge >= 0.3 is 0 Å². The molecule has 0 amide bonds. The summed E-state index contributed by atoms with van der Waals surface area (Å²) in [5.74, 6) is 0.679. The quantitative estimate of drug-likeness (QED) is 0.888. The number of anilines is 4. The van der Waals surface area contributed by atoms with Crippen LogP contribution in [0.25, 0.3) is 0 Å². The Morgan fingerprint density at radius 1 is 1.09 bits per heavy atom. The third kappa shape index (κ3) is 3.05. The molecule has 2 aromatic rings. The van der Waals surface area contributed by atoms with E-state index in [4.69, 9.17) is 5.73 Å². The Labute approximate surface area is 135 Å². The lowest BCUT2D eigenvalue weighted by Gasteiger charge is -2.38. The van der Waals surface area contributed by atoms with Gasteiger partial charge in [0.15, 0.2) is 0 Å². The highest BCUT2D eigenvalue weighted by Gasteiger charge is 2.30. The van der Waals surface area contributed by atoms with Crippen LogP contribution in [0.2, 0.25) is 0 Å². The van der Waals surface area contributed by atoms with Crippen LogP contribution in [0, 0.1) is 0 Å². The third-order valence-electron chi connectivity index (χ3n) is 4.67. The van der Waals surface area contributed by atoms with E-state index in [1.54, 1.807) is 0 Å². The van der Waals surface area contributed by atoms with E-state index in [2.05, 4.69) is 54.3 Å². The molecule has 23 heavy (non-hydrogen) atoms. The molecule has 1 aromatic heterocycles. The van der Waals surface area contributed by atoms with E-state index in [9.17, 15) is 0 Å². The van der Waals surface area contributed by atoms with Crippen LogP contribution < -0.4 is 16.0 Å². The number of hydrogen-bond acceptors (Lipinski definition) is 7. The van der Waals surface area contributed by atoms with Gasteiger partial charge in [-0.3, -0.25) is 4.90 Å². The van der Waals surface area contributed by atoms with Gasteiger partial charge in [-0.15, -0.1) is 0 Å². The highest BCUT2D eigenvalue weighted by Crippen LogP contribution is 2.26. The molecule has 0 saturated carbocycles. The molecule has 3 heterocycles. The van der Waals surface area contributed by atoms with Crippen LogP contribution in [0.3, 0.4) is 0 Å². The van der Waals surface area contributed by atoms with Gasteiger partial charge in [0.2, 0.25) is 11.9 Å². The van der Waals surface area contributed by atoms with Gasteiger partial charge in [-0.1, -0.05) is 0 Å². The number of fused-ring (bicyclic) bond motifs is 1. The fourth-order valence-electron chi connectivity index (χ4n) is 3.48. The normalized spacial score (nSPS) is 21.2. The average molecular weight is 311 g/mol. The minimum absolute atomic E-state index is 0.216. The minimum atomic E-state index is 0.216. The second-order valence-electron chi connectivity index (χ2n) is 6.12. The zero-order chi connectivity index (χ0) is 15.6. The molecule has 1 atom stereocenters. The van der Waals surface area contributed by atoms with Crippen LogP contribution in [0.4, 0.5) is 23.3 Å². The molecule has 0 radical (unpaired) electrons. The molecule has 4 rings (SSSR count). The predicted molar refractivity (Wildman–Crippen MR) is 90.8 cm³/mol. The van der Waals surface area contributed by atoms with Crippen LogP contribution in [0.1, 0.15) is 12.8 Å². The summed E-state index contributed by atoms with van der Waals surface area (Å²) >= 11 is 0. The second kappa shape index (κ2) is 6.00. The minimum Gasteiger partial charge on any atom is -0.369 e. The van der Waals surface area contributed by atoms with Crippen LogP contribution >= 0.6 is 0 Å². The Hall–Kier alpha value is -2.41. The van der Waals surface area contributed by atoms with E-state index in [1.807, 2.05) is 0 Å².